The predicted octanol–water partition coefficient (Wildman–Crippen LogP) is 4.50. The molecule has 1 aromatic heterocycles. The molecule has 0 bridgehead atoms. The van der Waals surface area contributed by atoms with Crippen LogP contribution in [0.15, 0.2) is 58.0 Å². The standard InChI is InChI=1S/C19H15BrN2O3S/c20-13-9-16-17(25-8-7-24-16)10-15(13)21-18(23)11-26-19-6-5-12-3-1-2-4-14(12)22-19/h1-6,9-10H,7-8,11H2,(H,21,23). The van der Waals surface area contributed by atoms with Crippen molar-refractivity contribution in [2.45, 2.75) is 5.03 Å². The fraction of sp³-hybridized carbons (Fsp3) is 0.158. The van der Waals surface area contributed by atoms with Crippen LogP contribution in [0.2, 0.25) is 0 Å². The molecule has 0 fully saturated rings. The first kappa shape index (κ1) is 17.2. The third kappa shape index (κ3) is 3.78. The zero-order chi connectivity index (χ0) is 17.9. The van der Waals surface area contributed by atoms with Crippen LogP contribution in [0.4, 0.5) is 5.69 Å². The average molecular weight is 431 g/mol. The van der Waals surface area contributed by atoms with Crippen molar-refractivity contribution in [2.24, 2.45) is 0 Å². The van der Waals surface area contributed by atoms with Crippen molar-refractivity contribution < 1.29 is 14.3 Å². The topological polar surface area (TPSA) is 60.5 Å². The van der Waals surface area contributed by atoms with Gasteiger partial charge in [0, 0.05) is 22.0 Å². The monoisotopic (exact) mass is 430 g/mol. The molecule has 0 saturated heterocycles. The Labute approximate surface area is 163 Å². The minimum absolute atomic E-state index is 0.109. The summed E-state index contributed by atoms with van der Waals surface area (Å²) in [6, 6.07) is 15.4. The van der Waals surface area contributed by atoms with E-state index in [1.54, 1.807) is 6.07 Å². The second-order valence-corrected chi connectivity index (χ2v) is 7.50. The van der Waals surface area contributed by atoms with Crippen LogP contribution in [0.25, 0.3) is 10.9 Å². The zero-order valence-electron chi connectivity index (χ0n) is 13.7. The molecule has 1 aliphatic heterocycles. The molecule has 1 amide bonds. The minimum Gasteiger partial charge on any atom is -0.486 e. The van der Waals surface area contributed by atoms with Crippen LogP contribution < -0.4 is 14.8 Å². The Kier molecular flexibility index (Phi) is 4.99. The van der Waals surface area contributed by atoms with Gasteiger partial charge in [-0.3, -0.25) is 4.79 Å². The molecule has 0 unspecified atom stereocenters. The highest BCUT2D eigenvalue weighted by atomic mass is 79.9. The SMILES string of the molecule is O=C(CSc1ccc2ccccc2n1)Nc1cc2c(cc1Br)OCCO2. The molecule has 1 N–H and O–H groups in total. The molecule has 26 heavy (non-hydrogen) atoms. The molecule has 2 aromatic carbocycles. The summed E-state index contributed by atoms with van der Waals surface area (Å²) in [5.74, 6) is 1.48. The van der Waals surface area contributed by atoms with Crippen LogP contribution in [0, 0.1) is 0 Å². The molecule has 0 saturated carbocycles. The third-order valence-corrected chi connectivity index (χ3v) is 5.42. The molecule has 5 nitrogen and oxygen atoms in total. The Morgan fingerprint density at radius 3 is 2.73 bits per heavy atom. The van der Waals surface area contributed by atoms with Crippen molar-refractivity contribution in [3.8, 4) is 11.5 Å². The average Bonchev–Trinajstić information content (AvgIpc) is 2.67. The molecule has 0 spiro atoms. The number of anilines is 1. The van der Waals surface area contributed by atoms with E-state index in [0.29, 0.717) is 30.4 Å². The lowest BCUT2D eigenvalue weighted by atomic mass is 10.2. The van der Waals surface area contributed by atoms with Crippen molar-refractivity contribution >= 4 is 50.2 Å². The Bertz CT molecular complexity index is 980. The van der Waals surface area contributed by atoms with E-state index >= 15 is 0 Å². The number of fused-ring (bicyclic) bond motifs is 2. The Morgan fingerprint density at radius 1 is 1.12 bits per heavy atom. The van der Waals surface area contributed by atoms with Gasteiger partial charge in [-0.1, -0.05) is 36.0 Å². The summed E-state index contributed by atoms with van der Waals surface area (Å²) >= 11 is 4.86. The first-order valence-corrected chi connectivity index (χ1v) is 9.84. The van der Waals surface area contributed by atoms with Crippen LogP contribution in [0.3, 0.4) is 0 Å². The summed E-state index contributed by atoms with van der Waals surface area (Å²) < 4.78 is 11.8. The predicted molar refractivity (Wildman–Crippen MR) is 106 cm³/mol. The van der Waals surface area contributed by atoms with Gasteiger partial charge in [-0.25, -0.2) is 4.98 Å². The number of nitrogens with zero attached hydrogens (tertiary/aromatic N) is 1. The quantitative estimate of drug-likeness (QED) is 0.617. The fourth-order valence-corrected chi connectivity index (χ4v) is 3.71. The summed E-state index contributed by atoms with van der Waals surface area (Å²) in [4.78, 5) is 16.9. The van der Waals surface area contributed by atoms with E-state index in [1.807, 2.05) is 42.5 Å². The number of ether oxygens (including phenoxy) is 2. The van der Waals surface area contributed by atoms with Gasteiger partial charge >= 0.3 is 0 Å². The maximum atomic E-state index is 12.3. The molecule has 2 heterocycles. The molecule has 4 rings (SSSR count). The second-order valence-electron chi connectivity index (χ2n) is 5.65. The van der Waals surface area contributed by atoms with Crippen LogP contribution in [0.5, 0.6) is 11.5 Å². The smallest absolute Gasteiger partial charge is 0.234 e. The van der Waals surface area contributed by atoms with Gasteiger partial charge in [-0.2, -0.15) is 0 Å². The highest BCUT2D eigenvalue weighted by Gasteiger charge is 2.16. The molecule has 132 valence electrons. The van der Waals surface area contributed by atoms with Gasteiger partial charge < -0.3 is 14.8 Å². The van der Waals surface area contributed by atoms with Gasteiger partial charge in [0.05, 0.1) is 22.0 Å². The number of rotatable bonds is 4. The van der Waals surface area contributed by atoms with E-state index in [4.69, 9.17) is 9.47 Å². The number of hydrogen-bond donors (Lipinski definition) is 1. The maximum Gasteiger partial charge on any atom is 0.234 e. The van der Waals surface area contributed by atoms with Gasteiger partial charge in [-0.15, -0.1) is 0 Å². The first-order valence-electron chi connectivity index (χ1n) is 8.07. The number of para-hydroxylation sites is 1. The van der Waals surface area contributed by atoms with Crippen LogP contribution >= 0.6 is 27.7 Å². The summed E-state index contributed by atoms with van der Waals surface area (Å²) in [6.45, 7) is 1.03. The Morgan fingerprint density at radius 2 is 1.88 bits per heavy atom. The minimum atomic E-state index is -0.109. The maximum absolute atomic E-state index is 12.3. The van der Waals surface area contributed by atoms with Crippen molar-refractivity contribution in [3.05, 3.63) is 53.0 Å². The summed E-state index contributed by atoms with van der Waals surface area (Å²) in [5.41, 5.74) is 1.58. The highest BCUT2D eigenvalue weighted by molar-refractivity contribution is 9.10. The van der Waals surface area contributed by atoms with E-state index in [-0.39, 0.29) is 11.7 Å². The number of carbonyl (C=O) groups excluding carboxylic acids is 1. The number of carbonyl (C=O) groups is 1. The van der Waals surface area contributed by atoms with Crippen molar-refractivity contribution in [3.63, 3.8) is 0 Å². The summed E-state index contributed by atoms with van der Waals surface area (Å²) in [5, 5.41) is 4.80. The van der Waals surface area contributed by atoms with Gasteiger partial charge in [-0.05, 0) is 28.1 Å². The van der Waals surface area contributed by atoms with E-state index in [0.717, 1.165) is 20.4 Å². The van der Waals surface area contributed by atoms with E-state index in [9.17, 15) is 4.79 Å². The number of thioether (sulfide) groups is 1. The van der Waals surface area contributed by atoms with Gasteiger partial charge in [0.1, 0.15) is 13.2 Å². The van der Waals surface area contributed by atoms with E-state index in [2.05, 4.69) is 26.2 Å². The lowest BCUT2D eigenvalue weighted by Gasteiger charge is -2.20. The van der Waals surface area contributed by atoms with Crippen LogP contribution in [-0.2, 0) is 4.79 Å². The number of pyridine rings is 1. The molecule has 1 aliphatic rings. The zero-order valence-corrected chi connectivity index (χ0v) is 16.1. The number of nitrogens with one attached hydrogen (secondary N) is 1. The van der Waals surface area contributed by atoms with Gasteiger partial charge in [0.2, 0.25) is 5.91 Å². The Hall–Kier alpha value is -2.25. The molecule has 7 heteroatoms. The van der Waals surface area contributed by atoms with Gasteiger partial charge in [0.25, 0.3) is 0 Å². The van der Waals surface area contributed by atoms with E-state index < -0.39 is 0 Å². The third-order valence-electron chi connectivity index (χ3n) is 3.83. The first-order chi connectivity index (χ1) is 12.7. The Balaban J connectivity index is 1.42. The van der Waals surface area contributed by atoms with Crippen molar-refractivity contribution in [1.29, 1.82) is 0 Å². The summed E-state index contributed by atoms with van der Waals surface area (Å²) in [6.07, 6.45) is 0. The molecule has 3 aromatic rings. The largest absolute Gasteiger partial charge is 0.486 e. The molecule has 0 aliphatic carbocycles. The highest BCUT2D eigenvalue weighted by Crippen LogP contribution is 2.38. The number of hydrogen-bond acceptors (Lipinski definition) is 5. The lowest BCUT2D eigenvalue weighted by molar-refractivity contribution is -0.113. The number of benzene rings is 2. The molecular weight excluding hydrogens is 416 g/mol. The second kappa shape index (κ2) is 7.55. The number of halogens is 1. The van der Waals surface area contributed by atoms with Crippen molar-refractivity contribution in [1.82, 2.24) is 4.98 Å². The molecule has 0 atom stereocenters. The summed E-state index contributed by atoms with van der Waals surface area (Å²) in [7, 11) is 0. The fourth-order valence-electron chi connectivity index (χ4n) is 2.61. The van der Waals surface area contributed by atoms with Gasteiger partial charge in [0.15, 0.2) is 11.5 Å². The van der Waals surface area contributed by atoms with E-state index in [1.165, 1.54) is 11.8 Å². The number of amides is 1. The van der Waals surface area contributed by atoms with Crippen LogP contribution in [0.1, 0.15) is 0 Å². The lowest BCUT2D eigenvalue weighted by Crippen LogP contribution is -2.17. The molecular formula is C19H15BrN2O3S. The van der Waals surface area contributed by atoms with Crippen molar-refractivity contribution in [2.75, 3.05) is 24.3 Å². The molecule has 0 radical (unpaired) electrons. The normalized spacial score (nSPS) is 12.8. The van der Waals surface area contributed by atoms with Crippen LogP contribution in [-0.4, -0.2) is 29.9 Å². The number of aromatic nitrogens is 1.